The number of carbonyl (C=O) groups is 2. The number of anilines is 1. The van der Waals surface area contributed by atoms with Crippen LogP contribution in [0.3, 0.4) is 0 Å². The molecule has 0 fully saturated rings. The van der Waals surface area contributed by atoms with E-state index in [9.17, 15) is 9.59 Å². The second-order valence-electron chi connectivity index (χ2n) is 5.77. The van der Waals surface area contributed by atoms with E-state index in [2.05, 4.69) is 10.5 Å². The third-order valence-corrected chi connectivity index (χ3v) is 4.78. The lowest BCUT2D eigenvalue weighted by atomic mass is 10.1. The normalized spacial score (nSPS) is 10.5. The summed E-state index contributed by atoms with van der Waals surface area (Å²) in [4.78, 5) is 27.0. The number of aryl methyl sites for hydroxylation is 1. The fourth-order valence-electron chi connectivity index (χ4n) is 2.53. The lowest BCUT2D eigenvalue weighted by Crippen LogP contribution is -2.35. The molecule has 2 amide bonds. The summed E-state index contributed by atoms with van der Waals surface area (Å²) in [5.41, 5.74) is 1.99. The van der Waals surface area contributed by atoms with Crippen LogP contribution in [-0.2, 0) is 11.2 Å². The van der Waals surface area contributed by atoms with Gasteiger partial charge in [0.25, 0.3) is 5.91 Å². The van der Waals surface area contributed by atoms with Gasteiger partial charge in [-0.3, -0.25) is 9.59 Å². The van der Waals surface area contributed by atoms with Gasteiger partial charge in [-0.05, 0) is 29.5 Å². The number of hydrogen-bond acceptors (Lipinski definition) is 5. The smallest absolute Gasteiger partial charge is 0.276 e. The molecule has 0 spiro atoms. The minimum atomic E-state index is -0.365. The molecule has 134 valence electrons. The van der Waals surface area contributed by atoms with E-state index in [0.717, 1.165) is 22.5 Å². The molecule has 0 unspecified atom stereocenters. The molecule has 3 rings (SSSR count). The highest BCUT2D eigenvalue weighted by molar-refractivity contribution is 7.13. The Morgan fingerprint density at radius 1 is 1.23 bits per heavy atom. The predicted octanol–water partition coefficient (Wildman–Crippen LogP) is 3.68. The topological polar surface area (TPSA) is 75.4 Å². The quantitative estimate of drug-likeness (QED) is 0.719. The first-order valence-electron chi connectivity index (χ1n) is 8.22. The zero-order valence-electron chi connectivity index (χ0n) is 14.6. The number of para-hydroxylation sites is 1. The number of hydrogen-bond donors (Lipinski definition) is 1. The second kappa shape index (κ2) is 7.97. The van der Waals surface area contributed by atoms with Crippen molar-refractivity contribution in [3.63, 3.8) is 0 Å². The summed E-state index contributed by atoms with van der Waals surface area (Å²) >= 11 is 1.50. The number of nitrogens with zero attached hydrogens (tertiary/aromatic N) is 2. The standard InChI is InChI=1S/C19H19N3O3S/c1-3-13-7-4-5-8-14(13)20-18(23)12-22(2)19(24)15-11-16(25-21-15)17-9-6-10-26-17/h4-11H,3,12H2,1-2H3,(H,20,23). The fraction of sp³-hybridized carbons (Fsp3) is 0.211. The maximum atomic E-state index is 12.5. The van der Waals surface area contributed by atoms with E-state index in [1.807, 2.05) is 48.7 Å². The Bertz CT molecular complexity index is 902. The van der Waals surface area contributed by atoms with E-state index in [-0.39, 0.29) is 24.1 Å². The van der Waals surface area contributed by atoms with Crippen molar-refractivity contribution in [3.8, 4) is 10.6 Å². The first kappa shape index (κ1) is 17.9. The van der Waals surface area contributed by atoms with Gasteiger partial charge in [-0.2, -0.15) is 0 Å². The van der Waals surface area contributed by atoms with Crippen molar-refractivity contribution in [2.45, 2.75) is 13.3 Å². The first-order valence-corrected chi connectivity index (χ1v) is 9.10. The van der Waals surface area contributed by atoms with Crippen LogP contribution in [0.25, 0.3) is 10.6 Å². The first-order chi connectivity index (χ1) is 12.6. The fourth-order valence-corrected chi connectivity index (χ4v) is 3.21. The highest BCUT2D eigenvalue weighted by Gasteiger charge is 2.20. The monoisotopic (exact) mass is 369 g/mol. The molecule has 0 radical (unpaired) electrons. The molecule has 0 aliphatic carbocycles. The third kappa shape index (κ3) is 4.00. The van der Waals surface area contributed by atoms with Crippen LogP contribution >= 0.6 is 11.3 Å². The SMILES string of the molecule is CCc1ccccc1NC(=O)CN(C)C(=O)c1cc(-c2cccs2)on1. The van der Waals surface area contributed by atoms with Gasteiger partial charge in [0, 0.05) is 18.8 Å². The number of aromatic nitrogens is 1. The van der Waals surface area contributed by atoms with Crippen LogP contribution in [0.15, 0.2) is 52.4 Å². The van der Waals surface area contributed by atoms with Gasteiger partial charge in [0.2, 0.25) is 5.91 Å². The highest BCUT2D eigenvalue weighted by atomic mass is 32.1. The van der Waals surface area contributed by atoms with E-state index in [1.54, 1.807) is 13.1 Å². The Balaban J connectivity index is 1.63. The maximum Gasteiger partial charge on any atom is 0.276 e. The van der Waals surface area contributed by atoms with Gasteiger partial charge in [0.15, 0.2) is 11.5 Å². The molecule has 7 heteroatoms. The average Bonchev–Trinajstić information content (AvgIpc) is 3.32. The van der Waals surface area contributed by atoms with Crippen LogP contribution in [0.1, 0.15) is 23.0 Å². The van der Waals surface area contributed by atoms with Crippen LogP contribution in [0, 0.1) is 0 Å². The van der Waals surface area contributed by atoms with Gasteiger partial charge >= 0.3 is 0 Å². The summed E-state index contributed by atoms with van der Waals surface area (Å²) in [5, 5.41) is 8.59. The molecule has 0 saturated carbocycles. The van der Waals surface area contributed by atoms with Crippen molar-refractivity contribution in [1.29, 1.82) is 0 Å². The minimum Gasteiger partial charge on any atom is -0.355 e. The summed E-state index contributed by atoms with van der Waals surface area (Å²) in [5.74, 6) is -0.0858. The molecule has 6 nitrogen and oxygen atoms in total. The van der Waals surface area contributed by atoms with Crippen molar-refractivity contribution in [1.82, 2.24) is 10.1 Å². The van der Waals surface area contributed by atoms with Crippen molar-refractivity contribution in [2.75, 3.05) is 18.9 Å². The van der Waals surface area contributed by atoms with Crippen LogP contribution in [0.4, 0.5) is 5.69 Å². The number of amides is 2. The molecule has 0 bridgehead atoms. The number of likely N-dealkylation sites (N-methyl/N-ethyl adjacent to an activating group) is 1. The Hall–Kier alpha value is -2.93. The molecule has 0 aliphatic rings. The largest absolute Gasteiger partial charge is 0.355 e. The molecule has 2 aromatic heterocycles. The Morgan fingerprint density at radius 3 is 2.77 bits per heavy atom. The van der Waals surface area contributed by atoms with Crippen LogP contribution in [0.5, 0.6) is 0 Å². The Morgan fingerprint density at radius 2 is 2.04 bits per heavy atom. The van der Waals surface area contributed by atoms with Gasteiger partial charge in [0.05, 0.1) is 11.4 Å². The number of rotatable bonds is 6. The molecular formula is C19H19N3O3S. The number of thiophene rings is 1. The van der Waals surface area contributed by atoms with Gasteiger partial charge in [-0.25, -0.2) is 0 Å². The van der Waals surface area contributed by atoms with Gasteiger partial charge < -0.3 is 14.7 Å². The van der Waals surface area contributed by atoms with Crippen molar-refractivity contribution >= 4 is 28.8 Å². The molecule has 26 heavy (non-hydrogen) atoms. The van der Waals surface area contributed by atoms with E-state index in [0.29, 0.717) is 5.76 Å². The Labute approximate surface area is 155 Å². The van der Waals surface area contributed by atoms with Crippen molar-refractivity contribution in [2.24, 2.45) is 0 Å². The van der Waals surface area contributed by atoms with Crippen molar-refractivity contribution < 1.29 is 14.1 Å². The maximum absolute atomic E-state index is 12.5. The van der Waals surface area contributed by atoms with E-state index in [1.165, 1.54) is 16.2 Å². The summed E-state index contributed by atoms with van der Waals surface area (Å²) in [6.45, 7) is 1.95. The second-order valence-corrected chi connectivity index (χ2v) is 6.72. The summed E-state index contributed by atoms with van der Waals surface area (Å²) in [6, 6.07) is 13.0. The molecule has 2 heterocycles. The summed E-state index contributed by atoms with van der Waals surface area (Å²) < 4.78 is 5.22. The molecule has 0 atom stereocenters. The predicted molar refractivity (Wildman–Crippen MR) is 101 cm³/mol. The summed E-state index contributed by atoms with van der Waals surface area (Å²) in [6.07, 6.45) is 0.815. The Kier molecular flexibility index (Phi) is 5.48. The van der Waals surface area contributed by atoms with Crippen molar-refractivity contribution in [3.05, 3.63) is 59.1 Å². The van der Waals surface area contributed by atoms with Crippen LogP contribution in [-0.4, -0.2) is 35.5 Å². The van der Waals surface area contributed by atoms with E-state index in [4.69, 9.17) is 4.52 Å². The molecule has 3 aromatic rings. The molecule has 1 N–H and O–H groups in total. The summed E-state index contributed by atoms with van der Waals surface area (Å²) in [7, 11) is 1.56. The molecular weight excluding hydrogens is 350 g/mol. The van der Waals surface area contributed by atoms with Crippen LogP contribution in [0.2, 0.25) is 0 Å². The number of carbonyl (C=O) groups excluding carboxylic acids is 2. The average molecular weight is 369 g/mol. The molecule has 1 aromatic carbocycles. The third-order valence-electron chi connectivity index (χ3n) is 3.89. The van der Waals surface area contributed by atoms with Gasteiger partial charge in [-0.1, -0.05) is 36.3 Å². The molecule has 0 aliphatic heterocycles. The van der Waals surface area contributed by atoms with Gasteiger partial charge in [-0.15, -0.1) is 11.3 Å². The molecule has 0 saturated heterocycles. The van der Waals surface area contributed by atoms with E-state index < -0.39 is 0 Å². The van der Waals surface area contributed by atoms with Gasteiger partial charge in [0.1, 0.15) is 0 Å². The lowest BCUT2D eigenvalue weighted by molar-refractivity contribution is -0.116. The lowest BCUT2D eigenvalue weighted by Gasteiger charge is -2.16. The number of benzene rings is 1. The highest BCUT2D eigenvalue weighted by Crippen LogP contribution is 2.25. The number of nitrogens with one attached hydrogen (secondary N) is 1. The van der Waals surface area contributed by atoms with Crippen LogP contribution < -0.4 is 5.32 Å². The minimum absolute atomic E-state index is 0.0714. The zero-order chi connectivity index (χ0) is 18.5. The van der Waals surface area contributed by atoms with E-state index >= 15 is 0 Å². The zero-order valence-corrected chi connectivity index (χ0v) is 15.4.